The summed E-state index contributed by atoms with van der Waals surface area (Å²) in [6, 6.07) is 3.71. The van der Waals surface area contributed by atoms with Gasteiger partial charge in [-0.15, -0.1) is 24.0 Å². The lowest BCUT2D eigenvalue weighted by molar-refractivity contribution is 0.00752. The average molecular weight is 479 g/mol. The number of aliphatic imine (C=N–C) groups is 1. The fourth-order valence-electron chi connectivity index (χ4n) is 2.89. The number of nitrogens with two attached hydrogens (primary N) is 1. The number of primary amides is 1. The van der Waals surface area contributed by atoms with E-state index in [1.54, 1.807) is 19.2 Å². The lowest BCUT2D eigenvalue weighted by Crippen LogP contribution is -2.52. The smallest absolute Gasteiger partial charge is 0.284 e. The van der Waals surface area contributed by atoms with Crippen LogP contribution >= 0.6 is 24.0 Å². The molecule has 0 saturated carbocycles. The topological polar surface area (TPSA) is 105 Å². The van der Waals surface area contributed by atoms with Gasteiger partial charge in [0.1, 0.15) is 5.76 Å². The van der Waals surface area contributed by atoms with E-state index in [-0.39, 0.29) is 29.7 Å². The molecule has 1 fully saturated rings. The molecule has 1 saturated heterocycles. The van der Waals surface area contributed by atoms with Crippen LogP contribution < -0.4 is 16.4 Å². The van der Waals surface area contributed by atoms with Crippen LogP contribution in [0.3, 0.4) is 0 Å². The molecule has 1 aliphatic rings. The van der Waals surface area contributed by atoms with Crippen molar-refractivity contribution in [1.29, 1.82) is 0 Å². The number of hydrogen-bond acceptors (Lipinski definition) is 5. The third-order valence-electron chi connectivity index (χ3n) is 4.32. The molecule has 148 valence electrons. The van der Waals surface area contributed by atoms with Gasteiger partial charge in [-0.1, -0.05) is 13.8 Å². The highest BCUT2D eigenvalue weighted by Crippen LogP contribution is 2.12. The van der Waals surface area contributed by atoms with Gasteiger partial charge in [0.2, 0.25) is 0 Å². The SMILES string of the molecule is CN=C(NCc1ccc(C(N)=O)o1)NCC(C(C)C)N1CCOCC1.I. The van der Waals surface area contributed by atoms with E-state index >= 15 is 0 Å². The largest absolute Gasteiger partial charge is 0.454 e. The normalized spacial score (nSPS) is 16.8. The first kappa shape index (κ1) is 22.7. The van der Waals surface area contributed by atoms with E-state index in [4.69, 9.17) is 14.9 Å². The summed E-state index contributed by atoms with van der Waals surface area (Å²) in [6.07, 6.45) is 0. The quantitative estimate of drug-likeness (QED) is 0.307. The first-order chi connectivity index (χ1) is 12.0. The Morgan fingerprint density at radius 3 is 2.54 bits per heavy atom. The summed E-state index contributed by atoms with van der Waals surface area (Å²) in [6.45, 7) is 9.17. The maximum Gasteiger partial charge on any atom is 0.284 e. The standard InChI is InChI=1S/C17H29N5O3.HI/c1-12(2)14(22-6-8-24-9-7-22)11-21-17(19-3)20-10-13-4-5-15(25-13)16(18)23;/h4-5,12,14H,6-11H2,1-3H3,(H2,18,23)(H2,19,20,21);1H. The molecule has 9 heteroatoms. The summed E-state index contributed by atoms with van der Waals surface area (Å²) < 4.78 is 10.8. The Bertz CT molecular complexity index is 585. The highest BCUT2D eigenvalue weighted by Gasteiger charge is 2.23. The molecule has 1 atom stereocenters. The fourth-order valence-corrected chi connectivity index (χ4v) is 2.89. The van der Waals surface area contributed by atoms with Crippen LogP contribution in [0.2, 0.25) is 0 Å². The molecular formula is C17H30IN5O3. The van der Waals surface area contributed by atoms with Gasteiger partial charge in [0.15, 0.2) is 11.7 Å². The summed E-state index contributed by atoms with van der Waals surface area (Å²) in [5.41, 5.74) is 5.19. The second-order valence-electron chi connectivity index (χ2n) is 6.40. The van der Waals surface area contributed by atoms with Crippen molar-refractivity contribution in [3.05, 3.63) is 23.7 Å². The third kappa shape index (κ3) is 6.76. The average Bonchev–Trinajstić information content (AvgIpc) is 3.08. The predicted molar refractivity (Wildman–Crippen MR) is 112 cm³/mol. The van der Waals surface area contributed by atoms with Crippen molar-refractivity contribution in [2.75, 3.05) is 39.9 Å². The van der Waals surface area contributed by atoms with Crippen molar-refractivity contribution < 1.29 is 13.9 Å². The van der Waals surface area contributed by atoms with E-state index in [2.05, 4.69) is 34.4 Å². The van der Waals surface area contributed by atoms with Crippen molar-refractivity contribution in [3.63, 3.8) is 0 Å². The van der Waals surface area contributed by atoms with Gasteiger partial charge in [-0.25, -0.2) is 0 Å². The summed E-state index contributed by atoms with van der Waals surface area (Å²) in [4.78, 5) is 17.8. The molecule has 0 bridgehead atoms. The number of nitrogens with one attached hydrogen (secondary N) is 2. The minimum atomic E-state index is -0.570. The van der Waals surface area contributed by atoms with Crippen LogP contribution in [0.5, 0.6) is 0 Å². The zero-order valence-corrected chi connectivity index (χ0v) is 18.0. The molecule has 8 nitrogen and oxygen atoms in total. The second kappa shape index (κ2) is 11.4. The molecule has 1 aromatic rings. The number of ether oxygens (including phenoxy) is 1. The van der Waals surface area contributed by atoms with Gasteiger partial charge in [0.25, 0.3) is 5.91 Å². The van der Waals surface area contributed by atoms with Crippen LogP contribution in [-0.4, -0.2) is 62.7 Å². The Kier molecular flexibility index (Phi) is 9.96. The highest BCUT2D eigenvalue weighted by molar-refractivity contribution is 14.0. The highest BCUT2D eigenvalue weighted by atomic mass is 127. The Labute approximate surface area is 171 Å². The van der Waals surface area contributed by atoms with E-state index < -0.39 is 5.91 Å². The van der Waals surface area contributed by atoms with Crippen LogP contribution in [-0.2, 0) is 11.3 Å². The van der Waals surface area contributed by atoms with Crippen molar-refractivity contribution >= 4 is 35.8 Å². The first-order valence-electron chi connectivity index (χ1n) is 8.66. The van der Waals surface area contributed by atoms with Gasteiger partial charge in [0.05, 0.1) is 19.8 Å². The van der Waals surface area contributed by atoms with Gasteiger partial charge in [0, 0.05) is 32.7 Å². The summed E-state index contributed by atoms with van der Waals surface area (Å²) in [5.74, 6) is 1.43. The molecule has 0 spiro atoms. The second-order valence-corrected chi connectivity index (χ2v) is 6.40. The Morgan fingerprint density at radius 1 is 1.31 bits per heavy atom. The number of hydrogen-bond donors (Lipinski definition) is 3. The number of carbonyl (C=O) groups excluding carboxylic acids is 1. The molecule has 2 heterocycles. The Hall–Kier alpha value is -1.33. The van der Waals surface area contributed by atoms with Crippen LogP contribution in [0.1, 0.15) is 30.2 Å². The molecule has 4 N–H and O–H groups in total. The molecule has 0 aliphatic carbocycles. The van der Waals surface area contributed by atoms with E-state index in [1.807, 2.05) is 0 Å². The summed E-state index contributed by atoms with van der Waals surface area (Å²) in [7, 11) is 1.73. The molecule has 1 unspecified atom stereocenters. The molecule has 0 radical (unpaired) electrons. The van der Waals surface area contributed by atoms with Gasteiger partial charge in [-0.2, -0.15) is 0 Å². The van der Waals surface area contributed by atoms with Crippen LogP contribution in [0.15, 0.2) is 21.5 Å². The predicted octanol–water partition coefficient (Wildman–Crippen LogP) is 1.02. The number of nitrogens with zero attached hydrogens (tertiary/aromatic N) is 2. The lowest BCUT2D eigenvalue weighted by Gasteiger charge is -2.37. The molecule has 0 aromatic carbocycles. The zero-order valence-electron chi connectivity index (χ0n) is 15.7. The Balaban J connectivity index is 0.00000338. The zero-order chi connectivity index (χ0) is 18.2. The third-order valence-corrected chi connectivity index (χ3v) is 4.32. The fraction of sp³-hybridized carbons (Fsp3) is 0.647. The van der Waals surface area contributed by atoms with Gasteiger partial charge in [-0.3, -0.25) is 14.7 Å². The van der Waals surface area contributed by atoms with Crippen molar-refractivity contribution in [1.82, 2.24) is 15.5 Å². The van der Waals surface area contributed by atoms with Crippen LogP contribution in [0.25, 0.3) is 0 Å². The Morgan fingerprint density at radius 2 is 2.00 bits per heavy atom. The summed E-state index contributed by atoms with van der Waals surface area (Å²) in [5, 5.41) is 6.56. The number of carbonyl (C=O) groups is 1. The molecule has 1 aromatic heterocycles. The monoisotopic (exact) mass is 479 g/mol. The van der Waals surface area contributed by atoms with E-state index in [1.165, 1.54) is 0 Å². The van der Waals surface area contributed by atoms with Crippen LogP contribution in [0, 0.1) is 5.92 Å². The molecule has 1 amide bonds. The number of amides is 1. The van der Waals surface area contributed by atoms with Gasteiger partial charge in [-0.05, 0) is 18.1 Å². The molecular weight excluding hydrogens is 449 g/mol. The van der Waals surface area contributed by atoms with Gasteiger partial charge < -0.3 is 25.5 Å². The number of furan rings is 1. The molecule has 1 aliphatic heterocycles. The van der Waals surface area contributed by atoms with E-state index in [9.17, 15) is 4.79 Å². The molecule has 2 rings (SSSR count). The number of guanidine groups is 1. The lowest BCUT2D eigenvalue weighted by atomic mass is 10.0. The first-order valence-corrected chi connectivity index (χ1v) is 8.66. The maximum absolute atomic E-state index is 11.1. The number of morpholine rings is 1. The minimum absolute atomic E-state index is 0. The number of halogens is 1. The van der Waals surface area contributed by atoms with Crippen LogP contribution in [0.4, 0.5) is 0 Å². The van der Waals surface area contributed by atoms with E-state index in [0.717, 1.165) is 32.8 Å². The number of rotatable bonds is 7. The molecule has 26 heavy (non-hydrogen) atoms. The van der Waals surface area contributed by atoms with E-state index in [0.29, 0.717) is 30.2 Å². The minimum Gasteiger partial charge on any atom is -0.454 e. The maximum atomic E-state index is 11.1. The van der Waals surface area contributed by atoms with Gasteiger partial charge >= 0.3 is 0 Å². The van der Waals surface area contributed by atoms with Crippen molar-refractivity contribution in [2.24, 2.45) is 16.6 Å². The summed E-state index contributed by atoms with van der Waals surface area (Å²) >= 11 is 0. The van der Waals surface area contributed by atoms with Crippen molar-refractivity contribution in [2.45, 2.75) is 26.4 Å². The van der Waals surface area contributed by atoms with Crippen molar-refractivity contribution in [3.8, 4) is 0 Å².